The second kappa shape index (κ2) is 7.76. The van der Waals surface area contributed by atoms with Crippen molar-refractivity contribution in [2.75, 3.05) is 25.2 Å². The van der Waals surface area contributed by atoms with Gasteiger partial charge >= 0.3 is 0 Å². The van der Waals surface area contributed by atoms with E-state index in [2.05, 4.69) is 43.1 Å². The van der Waals surface area contributed by atoms with Crippen molar-refractivity contribution in [2.45, 2.75) is 58.7 Å². The Morgan fingerprint density at radius 2 is 2.14 bits per heavy atom. The van der Waals surface area contributed by atoms with E-state index in [1.807, 2.05) is 0 Å². The topological polar surface area (TPSA) is 37.4 Å². The van der Waals surface area contributed by atoms with Crippen LogP contribution in [-0.4, -0.2) is 37.3 Å². The fourth-order valence-electron chi connectivity index (χ4n) is 2.64. The van der Waals surface area contributed by atoms with Gasteiger partial charge in [-0.25, -0.2) is 4.98 Å². The standard InChI is InChI=1S/C17H29N3O/c1-5-15-9-14(11-18-16-7-8-16)10-17(19-15)20(6-2)13(3)12-21-4/h9-10,13,16,18H,5-8,11-12H2,1-4H3. The zero-order chi connectivity index (χ0) is 15.2. The van der Waals surface area contributed by atoms with E-state index in [4.69, 9.17) is 9.72 Å². The highest BCUT2D eigenvalue weighted by atomic mass is 16.5. The summed E-state index contributed by atoms with van der Waals surface area (Å²) in [6.45, 7) is 9.15. The Morgan fingerprint density at radius 1 is 1.38 bits per heavy atom. The van der Waals surface area contributed by atoms with Crippen molar-refractivity contribution >= 4 is 5.82 Å². The normalized spacial score (nSPS) is 16.0. The Balaban J connectivity index is 2.16. The van der Waals surface area contributed by atoms with Crippen molar-refractivity contribution < 1.29 is 4.74 Å². The first-order chi connectivity index (χ1) is 10.2. The minimum absolute atomic E-state index is 0.337. The van der Waals surface area contributed by atoms with Gasteiger partial charge in [0.15, 0.2) is 0 Å². The predicted octanol–water partition coefficient (Wildman–Crippen LogP) is 2.76. The molecule has 1 fully saturated rings. The third-order valence-electron chi connectivity index (χ3n) is 4.03. The summed E-state index contributed by atoms with van der Waals surface area (Å²) < 4.78 is 5.30. The second-order valence-electron chi connectivity index (χ2n) is 5.92. The number of pyridine rings is 1. The lowest BCUT2D eigenvalue weighted by Gasteiger charge is -2.29. The van der Waals surface area contributed by atoms with E-state index in [-0.39, 0.29) is 0 Å². The average Bonchev–Trinajstić information content (AvgIpc) is 3.30. The van der Waals surface area contributed by atoms with Crippen LogP contribution in [0.5, 0.6) is 0 Å². The molecular formula is C17H29N3O. The molecular weight excluding hydrogens is 262 g/mol. The van der Waals surface area contributed by atoms with Crippen LogP contribution in [0, 0.1) is 0 Å². The molecule has 0 radical (unpaired) electrons. The van der Waals surface area contributed by atoms with Crippen LogP contribution in [0.2, 0.25) is 0 Å². The van der Waals surface area contributed by atoms with Gasteiger partial charge in [-0.3, -0.25) is 0 Å². The molecule has 1 N–H and O–H groups in total. The van der Waals surface area contributed by atoms with E-state index in [0.29, 0.717) is 6.04 Å². The van der Waals surface area contributed by atoms with Gasteiger partial charge < -0.3 is 15.0 Å². The van der Waals surface area contributed by atoms with E-state index in [0.717, 1.165) is 38.0 Å². The van der Waals surface area contributed by atoms with Crippen LogP contribution in [0.4, 0.5) is 5.82 Å². The van der Waals surface area contributed by atoms with Gasteiger partial charge in [-0.1, -0.05) is 6.92 Å². The number of aromatic nitrogens is 1. The summed E-state index contributed by atoms with van der Waals surface area (Å²) in [6.07, 6.45) is 3.62. The van der Waals surface area contributed by atoms with Gasteiger partial charge in [-0.15, -0.1) is 0 Å². The third-order valence-corrected chi connectivity index (χ3v) is 4.03. The highest BCUT2D eigenvalue weighted by Gasteiger charge is 2.20. The predicted molar refractivity (Wildman–Crippen MR) is 87.8 cm³/mol. The third kappa shape index (κ3) is 4.68. The maximum atomic E-state index is 5.30. The fourth-order valence-corrected chi connectivity index (χ4v) is 2.64. The van der Waals surface area contributed by atoms with Gasteiger partial charge in [-0.05, 0) is 50.8 Å². The molecule has 4 nitrogen and oxygen atoms in total. The molecule has 1 heterocycles. The number of methoxy groups -OCH3 is 1. The van der Waals surface area contributed by atoms with Crippen LogP contribution in [0.3, 0.4) is 0 Å². The number of nitrogens with zero attached hydrogens (tertiary/aromatic N) is 2. The number of rotatable bonds is 9. The summed E-state index contributed by atoms with van der Waals surface area (Å²) in [5.41, 5.74) is 2.51. The van der Waals surface area contributed by atoms with Crippen LogP contribution in [0.25, 0.3) is 0 Å². The van der Waals surface area contributed by atoms with Crippen LogP contribution in [0.1, 0.15) is 44.9 Å². The lowest BCUT2D eigenvalue weighted by atomic mass is 10.1. The molecule has 1 aliphatic carbocycles. The summed E-state index contributed by atoms with van der Waals surface area (Å²) >= 11 is 0. The zero-order valence-corrected chi connectivity index (χ0v) is 13.9. The molecule has 4 heteroatoms. The molecule has 1 aromatic rings. The smallest absolute Gasteiger partial charge is 0.129 e. The maximum absolute atomic E-state index is 5.30. The molecule has 0 saturated heterocycles. The van der Waals surface area contributed by atoms with Gasteiger partial charge in [0.2, 0.25) is 0 Å². The monoisotopic (exact) mass is 291 g/mol. The zero-order valence-electron chi connectivity index (χ0n) is 13.9. The van der Waals surface area contributed by atoms with Gasteiger partial charge in [0, 0.05) is 31.9 Å². The lowest BCUT2D eigenvalue weighted by molar-refractivity contribution is 0.181. The van der Waals surface area contributed by atoms with Crippen LogP contribution in [-0.2, 0) is 17.7 Å². The minimum atomic E-state index is 0.337. The van der Waals surface area contributed by atoms with Gasteiger partial charge in [-0.2, -0.15) is 0 Å². The van der Waals surface area contributed by atoms with E-state index >= 15 is 0 Å². The molecule has 1 atom stereocenters. The molecule has 0 aromatic carbocycles. The molecule has 118 valence electrons. The highest BCUT2D eigenvalue weighted by Crippen LogP contribution is 2.21. The molecule has 2 rings (SSSR count). The van der Waals surface area contributed by atoms with Gasteiger partial charge in [0.05, 0.1) is 12.6 Å². The molecule has 0 spiro atoms. The fraction of sp³-hybridized carbons (Fsp3) is 0.706. The number of nitrogens with one attached hydrogen (secondary N) is 1. The Labute approximate surface area is 128 Å². The Hall–Kier alpha value is -1.13. The number of hydrogen-bond acceptors (Lipinski definition) is 4. The van der Waals surface area contributed by atoms with Crippen molar-refractivity contribution in [3.63, 3.8) is 0 Å². The van der Waals surface area contributed by atoms with Crippen LogP contribution < -0.4 is 10.2 Å². The maximum Gasteiger partial charge on any atom is 0.129 e. The van der Waals surface area contributed by atoms with E-state index in [1.54, 1.807) is 7.11 Å². The molecule has 1 saturated carbocycles. The first-order valence-corrected chi connectivity index (χ1v) is 8.16. The van der Waals surface area contributed by atoms with Crippen molar-refractivity contribution in [2.24, 2.45) is 0 Å². The Kier molecular flexibility index (Phi) is 6.00. The summed E-state index contributed by atoms with van der Waals surface area (Å²) in [7, 11) is 1.76. The molecule has 1 aromatic heterocycles. The summed E-state index contributed by atoms with van der Waals surface area (Å²) in [4.78, 5) is 7.13. The number of anilines is 1. The first kappa shape index (κ1) is 16.2. The van der Waals surface area contributed by atoms with Gasteiger partial charge in [0.1, 0.15) is 5.82 Å². The molecule has 1 aliphatic rings. The van der Waals surface area contributed by atoms with E-state index in [9.17, 15) is 0 Å². The highest BCUT2D eigenvalue weighted by molar-refractivity contribution is 5.44. The summed E-state index contributed by atoms with van der Waals surface area (Å²) in [5.74, 6) is 1.08. The molecule has 0 amide bonds. The summed E-state index contributed by atoms with van der Waals surface area (Å²) in [6, 6.07) is 5.53. The van der Waals surface area contributed by atoms with Crippen molar-refractivity contribution in [1.29, 1.82) is 0 Å². The Morgan fingerprint density at radius 3 is 2.71 bits per heavy atom. The minimum Gasteiger partial charge on any atom is -0.383 e. The molecule has 0 aliphatic heterocycles. The molecule has 21 heavy (non-hydrogen) atoms. The lowest BCUT2D eigenvalue weighted by Crippen LogP contribution is -2.37. The molecule has 1 unspecified atom stereocenters. The van der Waals surface area contributed by atoms with Crippen LogP contribution >= 0.6 is 0 Å². The second-order valence-corrected chi connectivity index (χ2v) is 5.92. The number of likely N-dealkylation sites (N-methyl/N-ethyl adjacent to an activating group) is 1. The van der Waals surface area contributed by atoms with Crippen LogP contribution in [0.15, 0.2) is 12.1 Å². The average molecular weight is 291 g/mol. The van der Waals surface area contributed by atoms with Gasteiger partial charge in [0.25, 0.3) is 0 Å². The van der Waals surface area contributed by atoms with Crippen molar-refractivity contribution in [3.8, 4) is 0 Å². The quantitative estimate of drug-likeness (QED) is 0.759. The van der Waals surface area contributed by atoms with Crippen molar-refractivity contribution in [1.82, 2.24) is 10.3 Å². The number of hydrogen-bond donors (Lipinski definition) is 1. The number of aryl methyl sites for hydroxylation is 1. The van der Waals surface area contributed by atoms with E-state index < -0.39 is 0 Å². The molecule has 0 bridgehead atoms. The Bertz CT molecular complexity index is 446. The number of ether oxygens (including phenoxy) is 1. The van der Waals surface area contributed by atoms with E-state index in [1.165, 1.54) is 24.1 Å². The first-order valence-electron chi connectivity index (χ1n) is 8.16. The largest absolute Gasteiger partial charge is 0.383 e. The SMILES string of the molecule is CCc1cc(CNC2CC2)cc(N(CC)C(C)COC)n1. The van der Waals surface area contributed by atoms with Crippen molar-refractivity contribution in [3.05, 3.63) is 23.4 Å². The summed E-state index contributed by atoms with van der Waals surface area (Å²) in [5, 5.41) is 3.59.